The first kappa shape index (κ1) is 29.2. The molecule has 2 fully saturated rings. The fourth-order valence-electron chi connectivity index (χ4n) is 4.77. The van der Waals surface area contributed by atoms with Crippen molar-refractivity contribution in [1.29, 1.82) is 0 Å². The van der Waals surface area contributed by atoms with E-state index >= 15 is 8.78 Å². The van der Waals surface area contributed by atoms with E-state index in [1.54, 1.807) is 0 Å². The van der Waals surface area contributed by atoms with E-state index in [0.29, 0.717) is 0 Å². The Kier molecular flexibility index (Phi) is 7.64. The zero-order chi connectivity index (χ0) is 29.9. The molecule has 9 atom stereocenters. The van der Waals surface area contributed by atoms with Gasteiger partial charge in [0.05, 0.1) is 37.4 Å². The van der Waals surface area contributed by atoms with Gasteiger partial charge in [-0.2, -0.15) is 4.98 Å². The Labute approximate surface area is 241 Å². The van der Waals surface area contributed by atoms with Crippen LogP contribution in [0.2, 0.25) is 0 Å². The van der Waals surface area contributed by atoms with Crippen molar-refractivity contribution >= 4 is 58.6 Å². The number of alkyl halides is 2. The molecule has 1 unspecified atom stereocenters. The molecule has 0 spiro atoms. The highest BCUT2D eigenvalue weighted by atomic mass is 32.5. The van der Waals surface area contributed by atoms with E-state index in [2.05, 4.69) is 29.9 Å². The zero-order valence-corrected chi connectivity index (χ0v) is 23.5. The number of thioether (sulfide) groups is 1. The van der Waals surface area contributed by atoms with Gasteiger partial charge in [-0.1, -0.05) is 0 Å². The number of halogens is 2. The molecule has 2 saturated heterocycles. The van der Waals surface area contributed by atoms with Crippen molar-refractivity contribution in [2.24, 2.45) is 0 Å². The first-order valence-electron chi connectivity index (χ1n) is 12.2. The number of anilines is 1. The second kappa shape index (κ2) is 11.0. The molecule has 2 aliphatic rings. The summed E-state index contributed by atoms with van der Waals surface area (Å²) in [6.45, 7) is -5.54. The maximum atomic E-state index is 15.4. The van der Waals surface area contributed by atoms with Crippen molar-refractivity contribution in [3.8, 4) is 0 Å². The lowest BCUT2D eigenvalue weighted by molar-refractivity contribution is -0.0461. The fraction of sp³-hybridized carbons (Fsp3) is 0.500. The number of H-pyrrole nitrogens is 2. The molecule has 4 aromatic rings. The second-order valence-corrected chi connectivity index (χ2v) is 13.5. The van der Waals surface area contributed by atoms with Gasteiger partial charge in [-0.25, -0.2) is 23.7 Å². The second-order valence-electron chi connectivity index (χ2n) is 9.36. The fourth-order valence-corrected chi connectivity index (χ4v) is 7.67. The zero-order valence-electron chi connectivity index (χ0n) is 20.9. The molecule has 22 heteroatoms. The van der Waals surface area contributed by atoms with Gasteiger partial charge in [-0.15, -0.1) is 11.8 Å². The van der Waals surface area contributed by atoms with Crippen LogP contribution in [0.1, 0.15) is 11.6 Å². The van der Waals surface area contributed by atoms with E-state index in [1.165, 1.54) is 10.9 Å². The molecule has 0 bridgehead atoms. The average molecular weight is 650 g/mol. The van der Waals surface area contributed by atoms with E-state index in [4.69, 9.17) is 31.3 Å². The summed E-state index contributed by atoms with van der Waals surface area (Å²) in [5.74, 6) is -0.216. The number of hydrogen-bond donors (Lipinski definition) is 6. The molecule has 4 aromatic heterocycles. The molecule has 6 rings (SSSR count). The third-order valence-electron chi connectivity index (χ3n) is 6.76. The van der Waals surface area contributed by atoms with E-state index < -0.39 is 78.6 Å². The lowest BCUT2D eigenvalue weighted by Crippen LogP contribution is -2.33. The van der Waals surface area contributed by atoms with Crippen molar-refractivity contribution in [1.82, 2.24) is 39.0 Å². The standard InChI is InChI=1S/C20H22F2N9O8PS2/c21-8-7(1-32)42-19(31-5-27-11-15(31)28-20(23)29-17(11)35)13(8)39-40(36,41)37-2-6-12(33)9(22)18(38-6)30-4-26-10-14(30)24-3-25-16(10)34/h3-9,12-13,18-19,32-33H,1-2H2,(H,36,41)(H,24,25,34)(H3,23,28,29,35)/t6-,7-,8-,9+,12-,13-,18-,19-,40?/m1/s1. The van der Waals surface area contributed by atoms with Crippen LogP contribution in [0.15, 0.2) is 28.6 Å². The Morgan fingerprint density at radius 3 is 2.60 bits per heavy atom. The number of rotatable bonds is 8. The number of aliphatic hydroxyl groups excluding tert-OH is 2. The van der Waals surface area contributed by atoms with Crippen molar-refractivity contribution < 1.29 is 37.7 Å². The summed E-state index contributed by atoms with van der Waals surface area (Å²) < 4.78 is 49.4. The van der Waals surface area contributed by atoms with Gasteiger partial charge in [0, 0.05) is 0 Å². The lowest BCUT2D eigenvalue weighted by Gasteiger charge is -2.27. The molecule has 0 amide bonds. The molecule has 226 valence electrons. The van der Waals surface area contributed by atoms with E-state index in [-0.39, 0.29) is 28.3 Å². The van der Waals surface area contributed by atoms with Gasteiger partial charge in [0.25, 0.3) is 11.1 Å². The third kappa shape index (κ3) is 5.03. The minimum atomic E-state index is -4.30. The Balaban J connectivity index is 1.19. The Morgan fingerprint density at radius 2 is 1.86 bits per heavy atom. The summed E-state index contributed by atoms with van der Waals surface area (Å²) in [5.41, 5.74) is 4.33. The number of aromatic amines is 2. The maximum Gasteiger partial charge on any atom is 0.325 e. The highest BCUT2D eigenvalue weighted by molar-refractivity contribution is 8.07. The number of nitrogens with zero attached hydrogens (tertiary/aromatic N) is 6. The molecule has 0 aromatic carbocycles. The summed E-state index contributed by atoms with van der Waals surface area (Å²) in [5, 5.41) is 18.1. The van der Waals surface area contributed by atoms with Crippen LogP contribution >= 0.6 is 18.5 Å². The lowest BCUT2D eigenvalue weighted by atomic mass is 10.1. The van der Waals surface area contributed by atoms with E-state index in [1.807, 2.05) is 0 Å². The number of nitrogens with one attached hydrogen (secondary N) is 2. The number of imidazole rings is 2. The molecule has 0 aliphatic carbocycles. The van der Waals surface area contributed by atoms with Crippen molar-refractivity contribution in [3.63, 3.8) is 0 Å². The van der Waals surface area contributed by atoms with E-state index in [9.17, 15) is 24.7 Å². The number of hydrogen-bond acceptors (Lipinski definition) is 14. The average Bonchev–Trinajstić information content (AvgIpc) is 3.69. The molecule has 7 N–H and O–H groups in total. The summed E-state index contributed by atoms with van der Waals surface area (Å²) in [6, 6.07) is 0. The van der Waals surface area contributed by atoms with Gasteiger partial charge in [0.15, 0.2) is 34.7 Å². The molecule has 0 radical (unpaired) electrons. The van der Waals surface area contributed by atoms with Crippen LogP contribution < -0.4 is 16.9 Å². The van der Waals surface area contributed by atoms with Gasteiger partial charge in [-0.3, -0.25) is 28.2 Å². The van der Waals surface area contributed by atoms with Gasteiger partial charge < -0.3 is 35.1 Å². The predicted octanol–water partition coefficient (Wildman–Crippen LogP) is -1.01. The van der Waals surface area contributed by atoms with Gasteiger partial charge >= 0.3 is 6.72 Å². The quantitative estimate of drug-likeness (QED) is 0.125. The van der Waals surface area contributed by atoms with Gasteiger partial charge in [-0.05, 0) is 11.8 Å². The molecule has 2 aliphatic heterocycles. The van der Waals surface area contributed by atoms with E-state index in [0.717, 1.165) is 29.0 Å². The van der Waals surface area contributed by atoms with Gasteiger partial charge in [0.1, 0.15) is 29.9 Å². The Hall–Kier alpha value is -2.88. The first-order chi connectivity index (χ1) is 20.0. The topological polar surface area (TPSA) is 242 Å². The Morgan fingerprint density at radius 1 is 1.14 bits per heavy atom. The van der Waals surface area contributed by atoms with Crippen LogP contribution in [-0.2, 0) is 25.6 Å². The largest absolute Gasteiger partial charge is 0.395 e. The van der Waals surface area contributed by atoms with Crippen molar-refractivity contribution in [2.45, 2.75) is 47.5 Å². The van der Waals surface area contributed by atoms with Crippen molar-refractivity contribution in [3.05, 3.63) is 39.7 Å². The maximum absolute atomic E-state index is 15.4. The molecule has 17 nitrogen and oxygen atoms in total. The smallest absolute Gasteiger partial charge is 0.325 e. The summed E-state index contributed by atoms with van der Waals surface area (Å²) in [4.78, 5) is 55.5. The summed E-state index contributed by atoms with van der Waals surface area (Å²) in [7, 11) is 0. The van der Waals surface area contributed by atoms with Crippen LogP contribution in [0.4, 0.5) is 14.7 Å². The number of nitrogen functional groups attached to an aromatic ring is 1. The van der Waals surface area contributed by atoms with Crippen LogP contribution in [0.25, 0.3) is 22.3 Å². The SMILES string of the molecule is Nc1nc2c(ncn2[C@@H]2S[C@H](CO)[C@@H](F)[C@H]2OP(O)(=S)OC[C@H]2O[C@@H](n3cnc4c(=O)[nH]cnc43)[C@@H](F)[C@@H]2O)c(=O)[nH]1. The molecular formula is C20H22F2N9O8PS2. The third-order valence-corrected chi connectivity index (χ3v) is 9.85. The van der Waals surface area contributed by atoms with Crippen LogP contribution in [0.5, 0.6) is 0 Å². The molecule has 0 saturated carbocycles. The molecule has 6 heterocycles. The number of aromatic nitrogens is 8. The van der Waals surface area contributed by atoms with Crippen molar-refractivity contribution in [2.75, 3.05) is 18.9 Å². The Bertz CT molecular complexity index is 1800. The minimum Gasteiger partial charge on any atom is -0.395 e. The number of nitrogens with two attached hydrogens (primary N) is 1. The monoisotopic (exact) mass is 649 g/mol. The van der Waals surface area contributed by atoms with Crippen LogP contribution in [0, 0.1) is 0 Å². The highest BCUT2D eigenvalue weighted by Gasteiger charge is 2.50. The number of fused-ring (bicyclic) bond motifs is 2. The van der Waals surface area contributed by atoms with Crippen LogP contribution in [-0.4, -0.2) is 103 Å². The number of ether oxygens (including phenoxy) is 1. The first-order valence-corrected chi connectivity index (χ1v) is 15.7. The summed E-state index contributed by atoms with van der Waals surface area (Å²) in [6.07, 6.45) is -6.50. The highest BCUT2D eigenvalue weighted by Crippen LogP contribution is 2.54. The van der Waals surface area contributed by atoms with Crippen LogP contribution in [0.3, 0.4) is 0 Å². The normalized spacial score (nSPS) is 31.3. The predicted molar refractivity (Wildman–Crippen MR) is 145 cm³/mol. The molecular weight excluding hydrogens is 627 g/mol. The van der Waals surface area contributed by atoms with Gasteiger partial charge in [0.2, 0.25) is 5.95 Å². The molecule has 42 heavy (non-hydrogen) atoms. The summed E-state index contributed by atoms with van der Waals surface area (Å²) >= 11 is 6.02. The minimum absolute atomic E-state index is 0.00585. The number of aliphatic hydroxyl groups is 2.